The van der Waals surface area contributed by atoms with Gasteiger partial charge in [-0.3, -0.25) is 4.79 Å². The number of nitrogens with zero attached hydrogens (tertiary/aromatic N) is 1. The molecule has 0 heterocycles. The zero-order valence-corrected chi connectivity index (χ0v) is 11.2. The lowest BCUT2D eigenvalue weighted by molar-refractivity contribution is -0.138. The van der Waals surface area contributed by atoms with E-state index < -0.39 is 5.97 Å². The highest BCUT2D eigenvalue weighted by Crippen LogP contribution is 2.01. The van der Waals surface area contributed by atoms with E-state index in [2.05, 4.69) is 20.1 Å². The number of ether oxygens (including phenoxy) is 1. The van der Waals surface area contributed by atoms with Crippen molar-refractivity contribution in [3.8, 4) is 0 Å². The zero-order chi connectivity index (χ0) is 13.8. The molecule has 0 aliphatic heterocycles. The average Bonchev–Trinajstić information content (AvgIpc) is 2.40. The van der Waals surface area contributed by atoms with E-state index in [0.717, 1.165) is 38.3 Å². The fourth-order valence-corrected chi connectivity index (χ4v) is 1.45. The molecule has 4 nitrogen and oxygen atoms in total. The molecule has 1 amide bonds. The summed E-state index contributed by atoms with van der Waals surface area (Å²) in [6.45, 7) is 10.7. The normalized spacial score (nSPS) is 9.61. The zero-order valence-electron chi connectivity index (χ0n) is 11.2. The van der Waals surface area contributed by atoms with E-state index in [1.807, 2.05) is 0 Å². The Kier molecular flexibility index (Phi) is 9.64. The molecule has 0 atom stereocenters. The minimum absolute atomic E-state index is 0.0356. The Morgan fingerprint density at radius 1 is 1.11 bits per heavy atom. The van der Waals surface area contributed by atoms with E-state index in [-0.39, 0.29) is 5.91 Å². The number of amides is 1. The summed E-state index contributed by atoms with van der Waals surface area (Å²) in [5.41, 5.74) is 0. The third kappa shape index (κ3) is 7.65. The average molecular weight is 253 g/mol. The summed E-state index contributed by atoms with van der Waals surface area (Å²) in [5.74, 6) is -0.438. The van der Waals surface area contributed by atoms with Gasteiger partial charge < -0.3 is 9.64 Å². The molecule has 0 radical (unpaired) electrons. The van der Waals surface area contributed by atoms with Crippen molar-refractivity contribution in [3.63, 3.8) is 0 Å². The minimum Gasteiger partial charge on any atom is -0.463 e. The number of unbranched alkanes of at least 4 members (excludes halogenated alkanes) is 2. The van der Waals surface area contributed by atoms with Gasteiger partial charge in [0.15, 0.2) is 0 Å². The molecule has 0 aliphatic rings. The van der Waals surface area contributed by atoms with Crippen LogP contribution in [0.15, 0.2) is 25.3 Å². The minimum atomic E-state index is -0.403. The molecule has 18 heavy (non-hydrogen) atoms. The molecule has 0 spiro atoms. The van der Waals surface area contributed by atoms with Crippen LogP contribution < -0.4 is 0 Å². The van der Waals surface area contributed by atoms with Gasteiger partial charge in [-0.2, -0.15) is 0 Å². The lowest BCUT2D eigenvalue weighted by Gasteiger charge is -2.20. The van der Waals surface area contributed by atoms with E-state index in [1.54, 1.807) is 4.90 Å². The molecule has 4 heteroatoms. The van der Waals surface area contributed by atoms with Gasteiger partial charge in [-0.05, 0) is 25.3 Å². The Morgan fingerprint density at radius 2 is 1.78 bits per heavy atom. The van der Waals surface area contributed by atoms with Crippen LogP contribution in [0.25, 0.3) is 0 Å². The van der Waals surface area contributed by atoms with Gasteiger partial charge >= 0.3 is 5.97 Å². The summed E-state index contributed by atoms with van der Waals surface area (Å²) in [4.78, 5) is 24.1. The van der Waals surface area contributed by atoms with Gasteiger partial charge in [0, 0.05) is 19.2 Å². The number of hydrogen-bond acceptors (Lipinski definition) is 3. The number of carbonyl (C=O) groups excluding carboxylic acids is 2. The summed E-state index contributed by atoms with van der Waals surface area (Å²) >= 11 is 0. The predicted octanol–water partition coefficient (Wildman–Crippen LogP) is 2.31. The van der Waals surface area contributed by atoms with Gasteiger partial charge in [0.05, 0.1) is 6.61 Å². The molecule has 0 bridgehead atoms. The molecule has 0 unspecified atom stereocenters. The highest BCUT2D eigenvalue weighted by molar-refractivity contribution is 5.86. The number of rotatable bonds is 10. The maximum Gasteiger partial charge on any atom is 0.330 e. The van der Waals surface area contributed by atoms with E-state index in [1.165, 1.54) is 6.08 Å². The lowest BCUT2D eigenvalue weighted by atomic mass is 10.2. The summed E-state index contributed by atoms with van der Waals surface area (Å²) in [5, 5.41) is 0. The molecule has 0 fully saturated rings. The molecule has 0 aromatic rings. The van der Waals surface area contributed by atoms with Crippen molar-refractivity contribution in [2.24, 2.45) is 0 Å². The second-order valence-electron chi connectivity index (χ2n) is 3.96. The summed E-state index contributed by atoms with van der Waals surface area (Å²) < 4.78 is 4.86. The van der Waals surface area contributed by atoms with Crippen LogP contribution in [0, 0.1) is 0 Å². The Hall–Kier alpha value is -1.58. The number of carbonyl (C=O) groups is 2. The first-order chi connectivity index (χ1) is 8.65. The van der Waals surface area contributed by atoms with E-state index in [4.69, 9.17) is 4.74 Å². The molecule has 0 N–H and O–H groups in total. The third-order valence-corrected chi connectivity index (χ3v) is 2.50. The largest absolute Gasteiger partial charge is 0.463 e. The molecule has 0 saturated carbocycles. The van der Waals surface area contributed by atoms with Gasteiger partial charge in [0.1, 0.15) is 0 Å². The maximum atomic E-state index is 11.5. The van der Waals surface area contributed by atoms with Crippen molar-refractivity contribution in [2.45, 2.75) is 32.6 Å². The second-order valence-corrected chi connectivity index (χ2v) is 3.96. The van der Waals surface area contributed by atoms with Crippen molar-refractivity contribution in [1.82, 2.24) is 4.90 Å². The fraction of sp³-hybridized carbons (Fsp3) is 0.571. The molecular formula is C14H23NO3. The molecule has 0 aromatic carbocycles. The van der Waals surface area contributed by atoms with E-state index in [9.17, 15) is 9.59 Å². The first-order valence-electron chi connectivity index (χ1n) is 6.36. The Balaban J connectivity index is 3.81. The molecule has 0 saturated heterocycles. The highest BCUT2D eigenvalue weighted by atomic mass is 16.5. The SMILES string of the molecule is C=CC(=O)OCCCCN(CCCC)C(=O)C=C. The van der Waals surface area contributed by atoms with Crippen molar-refractivity contribution in [2.75, 3.05) is 19.7 Å². The van der Waals surface area contributed by atoms with Gasteiger partial charge in [-0.15, -0.1) is 0 Å². The molecule has 0 aliphatic carbocycles. The standard InChI is InChI=1S/C14H23NO3/c1-4-7-10-15(13(16)5-2)11-8-9-12-18-14(17)6-3/h5-6H,2-4,7-12H2,1H3. The van der Waals surface area contributed by atoms with Crippen LogP contribution in [0.2, 0.25) is 0 Å². The number of esters is 1. The maximum absolute atomic E-state index is 11.5. The predicted molar refractivity (Wildman–Crippen MR) is 72.1 cm³/mol. The van der Waals surface area contributed by atoms with Crippen LogP contribution in [0.4, 0.5) is 0 Å². The molecule has 102 valence electrons. The van der Waals surface area contributed by atoms with Crippen LogP contribution in [0.1, 0.15) is 32.6 Å². The Bertz CT molecular complexity index is 287. The van der Waals surface area contributed by atoms with Crippen molar-refractivity contribution < 1.29 is 14.3 Å². The molecule has 0 aromatic heterocycles. The van der Waals surface area contributed by atoms with E-state index in [0.29, 0.717) is 13.2 Å². The second kappa shape index (κ2) is 10.6. The molecule has 0 rings (SSSR count). The summed E-state index contributed by atoms with van der Waals surface area (Å²) in [6, 6.07) is 0. The Morgan fingerprint density at radius 3 is 2.33 bits per heavy atom. The summed E-state index contributed by atoms with van der Waals surface area (Å²) in [6.07, 6.45) is 6.09. The lowest BCUT2D eigenvalue weighted by Crippen LogP contribution is -2.31. The first kappa shape index (κ1) is 16.4. The topological polar surface area (TPSA) is 46.6 Å². The van der Waals surface area contributed by atoms with Gasteiger partial charge in [-0.1, -0.05) is 26.5 Å². The number of hydrogen-bond donors (Lipinski definition) is 0. The van der Waals surface area contributed by atoms with E-state index >= 15 is 0 Å². The monoisotopic (exact) mass is 253 g/mol. The van der Waals surface area contributed by atoms with Crippen molar-refractivity contribution >= 4 is 11.9 Å². The van der Waals surface area contributed by atoms with Crippen molar-refractivity contribution in [3.05, 3.63) is 25.3 Å². The highest BCUT2D eigenvalue weighted by Gasteiger charge is 2.08. The fourth-order valence-electron chi connectivity index (χ4n) is 1.45. The van der Waals surface area contributed by atoms with Crippen LogP contribution in [-0.2, 0) is 14.3 Å². The van der Waals surface area contributed by atoms with Crippen LogP contribution in [-0.4, -0.2) is 36.5 Å². The molecular weight excluding hydrogens is 230 g/mol. The van der Waals surface area contributed by atoms with Crippen LogP contribution in [0.5, 0.6) is 0 Å². The quantitative estimate of drug-likeness (QED) is 0.341. The van der Waals surface area contributed by atoms with Gasteiger partial charge in [0.2, 0.25) is 5.91 Å². The van der Waals surface area contributed by atoms with Gasteiger partial charge in [0.25, 0.3) is 0 Å². The van der Waals surface area contributed by atoms with Gasteiger partial charge in [-0.25, -0.2) is 4.79 Å². The first-order valence-corrected chi connectivity index (χ1v) is 6.36. The Labute approximate surface area is 109 Å². The summed E-state index contributed by atoms with van der Waals surface area (Å²) in [7, 11) is 0. The van der Waals surface area contributed by atoms with Crippen LogP contribution in [0.3, 0.4) is 0 Å². The third-order valence-electron chi connectivity index (χ3n) is 2.50. The van der Waals surface area contributed by atoms with Crippen molar-refractivity contribution in [1.29, 1.82) is 0 Å². The smallest absolute Gasteiger partial charge is 0.330 e. The van der Waals surface area contributed by atoms with Crippen LogP contribution >= 0.6 is 0 Å².